The molecular weight excluding hydrogens is 380 g/mol. The van der Waals surface area contributed by atoms with Crippen LogP contribution in [-0.2, 0) is 19.1 Å². The van der Waals surface area contributed by atoms with Gasteiger partial charge in [0.25, 0.3) is 0 Å². The van der Waals surface area contributed by atoms with E-state index in [1.165, 1.54) is 6.42 Å². The van der Waals surface area contributed by atoms with Crippen LogP contribution in [0.1, 0.15) is 72.1 Å². The Kier molecular flexibility index (Phi) is 5.30. The van der Waals surface area contributed by atoms with E-state index in [2.05, 4.69) is 13.2 Å². The summed E-state index contributed by atoms with van der Waals surface area (Å²) in [6, 6.07) is 0. The first-order chi connectivity index (χ1) is 14.1. The second-order valence-electron chi connectivity index (χ2n) is 10.5. The van der Waals surface area contributed by atoms with Crippen LogP contribution < -0.4 is 0 Å². The third-order valence-corrected chi connectivity index (χ3v) is 8.70. The number of hydrogen-bond acceptors (Lipinski definition) is 5. The third-order valence-electron chi connectivity index (χ3n) is 8.70. The number of hydrogen-bond donors (Lipinski definition) is 1. The summed E-state index contributed by atoms with van der Waals surface area (Å²) in [4.78, 5) is 25.8. The quantitative estimate of drug-likeness (QED) is 0.419. The molecule has 0 radical (unpaired) electrons. The van der Waals surface area contributed by atoms with Crippen molar-refractivity contribution < 1.29 is 24.2 Å². The Labute approximate surface area is 179 Å². The molecule has 5 heteroatoms. The van der Waals surface area contributed by atoms with Crippen molar-refractivity contribution in [2.45, 2.75) is 89.6 Å². The summed E-state index contributed by atoms with van der Waals surface area (Å²) in [5.74, 6) is -2.57. The Bertz CT molecular complexity index is 774. The first-order valence-electron chi connectivity index (χ1n) is 11.5. The van der Waals surface area contributed by atoms with Gasteiger partial charge in [0.15, 0.2) is 5.79 Å². The molecule has 0 aromatic heterocycles. The van der Waals surface area contributed by atoms with Crippen molar-refractivity contribution in [3.05, 3.63) is 24.8 Å². The molecule has 2 aliphatic heterocycles. The van der Waals surface area contributed by atoms with Gasteiger partial charge in [0.1, 0.15) is 11.9 Å². The van der Waals surface area contributed by atoms with E-state index in [9.17, 15) is 14.7 Å². The van der Waals surface area contributed by atoms with Crippen molar-refractivity contribution in [1.82, 2.24) is 0 Å². The number of ketones is 1. The van der Waals surface area contributed by atoms with Crippen molar-refractivity contribution in [3.63, 3.8) is 0 Å². The predicted octanol–water partition coefficient (Wildman–Crippen LogP) is 4.34. The van der Waals surface area contributed by atoms with E-state index >= 15 is 0 Å². The van der Waals surface area contributed by atoms with E-state index in [0.29, 0.717) is 24.3 Å². The van der Waals surface area contributed by atoms with Crippen LogP contribution in [0.3, 0.4) is 0 Å². The lowest BCUT2D eigenvalue weighted by Gasteiger charge is -2.42. The monoisotopic (exact) mass is 416 g/mol. The zero-order valence-electron chi connectivity index (χ0n) is 18.6. The van der Waals surface area contributed by atoms with E-state index in [1.807, 2.05) is 13.8 Å². The maximum Gasteiger partial charge on any atom is 0.333 e. The first-order valence-corrected chi connectivity index (χ1v) is 11.5. The summed E-state index contributed by atoms with van der Waals surface area (Å²) in [5, 5.41) is 12.0. The molecule has 2 bridgehead atoms. The normalized spacial score (nSPS) is 46.2. The van der Waals surface area contributed by atoms with Crippen LogP contribution in [0, 0.1) is 29.1 Å². The zero-order valence-corrected chi connectivity index (χ0v) is 18.6. The molecule has 2 saturated heterocycles. The van der Waals surface area contributed by atoms with E-state index in [1.54, 1.807) is 13.0 Å². The minimum Gasteiger partial charge on any atom is -0.454 e. The second-order valence-corrected chi connectivity index (χ2v) is 10.5. The van der Waals surface area contributed by atoms with Gasteiger partial charge in [0, 0.05) is 35.2 Å². The standard InChI is InChI=1S/C25H36O5/c1-6-18(29-22(27)15(2)3)19-16(4)21(26)23(5)12-13-24-11-9-7-8-10-17(24)14-25(28,30-24)20(19)23/h6,16-20,28H,1-2,7-14H2,3-5H3/t16-,17-,18-,19+,20-,23-,24+,25+/m0/s1. The van der Waals surface area contributed by atoms with Gasteiger partial charge in [0.05, 0.1) is 5.60 Å². The highest BCUT2D eigenvalue weighted by Crippen LogP contribution is 2.66. The van der Waals surface area contributed by atoms with Crippen LogP contribution in [0.5, 0.6) is 0 Å². The maximum absolute atomic E-state index is 13.5. The largest absolute Gasteiger partial charge is 0.454 e. The Morgan fingerprint density at radius 1 is 1.30 bits per heavy atom. The molecule has 1 N–H and O–H groups in total. The van der Waals surface area contributed by atoms with Crippen molar-refractivity contribution in [1.29, 1.82) is 0 Å². The molecule has 0 aromatic rings. The van der Waals surface area contributed by atoms with Gasteiger partial charge in [-0.3, -0.25) is 4.79 Å². The highest BCUT2D eigenvalue weighted by atomic mass is 16.6. The van der Waals surface area contributed by atoms with Gasteiger partial charge in [0.2, 0.25) is 0 Å². The lowest BCUT2D eigenvalue weighted by molar-refractivity contribution is -0.267. The molecule has 1 spiro atoms. The van der Waals surface area contributed by atoms with Crippen molar-refractivity contribution in [2.24, 2.45) is 29.1 Å². The van der Waals surface area contributed by atoms with Crippen LogP contribution in [0.4, 0.5) is 0 Å². The molecule has 30 heavy (non-hydrogen) atoms. The zero-order chi connectivity index (χ0) is 21.9. The fourth-order valence-corrected chi connectivity index (χ4v) is 7.29. The fourth-order valence-electron chi connectivity index (χ4n) is 7.29. The number of carbonyl (C=O) groups excluding carboxylic acids is 2. The summed E-state index contributed by atoms with van der Waals surface area (Å²) in [7, 11) is 0. The average Bonchev–Trinajstić information content (AvgIpc) is 2.93. The number of esters is 1. The molecule has 4 fully saturated rings. The van der Waals surface area contributed by atoms with Crippen LogP contribution >= 0.6 is 0 Å². The Balaban J connectivity index is 1.75. The molecule has 0 unspecified atom stereocenters. The molecule has 5 nitrogen and oxygen atoms in total. The summed E-state index contributed by atoms with van der Waals surface area (Å²) in [6.45, 7) is 13.0. The third kappa shape index (κ3) is 3.03. The van der Waals surface area contributed by atoms with Gasteiger partial charge in [-0.1, -0.05) is 52.3 Å². The topological polar surface area (TPSA) is 72.8 Å². The van der Waals surface area contributed by atoms with Gasteiger partial charge in [-0.15, -0.1) is 0 Å². The number of ether oxygens (including phenoxy) is 2. The maximum atomic E-state index is 13.5. The van der Waals surface area contributed by atoms with Crippen LogP contribution in [0.25, 0.3) is 0 Å². The molecule has 2 aliphatic carbocycles. The van der Waals surface area contributed by atoms with E-state index in [-0.39, 0.29) is 23.2 Å². The highest BCUT2D eigenvalue weighted by molar-refractivity contribution is 5.90. The highest BCUT2D eigenvalue weighted by Gasteiger charge is 2.71. The van der Waals surface area contributed by atoms with Gasteiger partial charge in [-0.25, -0.2) is 4.79 Å². The molecule has 2 heterocycles. The van der Waals surface area contributed by atoms with Crippen LogP contribution in [0.15, 0.2) is 24.8 Å². The minimum absolute atomic E-state index is 0.141. The number of carbonyl (C=O) groups is 2. The molecule has 2 saturated carbocycles. The lowest BCUT2D eigenvalue weighted by Crippen LogP contribution is -2.50. The van der Waals surface area contributed by atoms with Gasteiger partial charge in [-0.2, -0.15) is 0 Å². The van der Waals surface area contributed by atoms with Crippen LogP contribution in [0.2, 0.25) is 0 Å². The molecule has 8 atom stereocenters. The molecule has 0 amide bonds. The first kappa shape index (κ1) is 21.8. The molecule has 4 rings (SSSR count). The van der Waals surface area contributed by atoms with E-state index < -0.39 is 29.2 Å². The van der Waals surface area contributed by atoms with E-state index in [4.69, 9.17) is 9.47 Å². The van der Waals surface area contributed by atoms with Gasteiger partial charge < -0.3 is 14.6 Å². The molecule has 0 aromatic carbocycles. The molecule has 4 aliphatic rings. The molecular formula is C25H36O5. The number of aliphatic hydroxyl groups is 1. The summed E-state index contributed by atoms with van der Waals surface area (Å²) < 4.78 is 12.4. The average molecular weight is 417 g/mol. The van der Waals surface area contributed by atoms with Gasteiger partial charge >= 0.3 is 5.97 Å². The van der Waals surface area contributed by atoms with Crippen molar-refractivity contribution >= 4 is 11.8 Å². The fraction of sp³-hybridized carbons (Fsp3) is 0.760. The van der Waals surface area contributed by atoms with Gasteiger partial charge in [-0.05, 0) is 38.5 Å². The smallest absolute Gasteiger partial charge is 0.333 e. The minimum atomic E-state index is -1.38. The lowest BCUT2D eigenvalue weighted by atomic mass is 9.63. The number of Topliss-reactive ketones (excluding diaryl/α,β-unsaturated/α-hetero) is 1. The van der Waals surface area contributed by atoms with Crippen LogP contribution in [-0.4, -0.2) is 34.4 Å². The second kappa shape index (κ2) is 7.30. The SMILES string of the molecule is C=C[C@H](OC(=O)C(=C)C)[C@H]1[C@H](C)C(=O)[C@@]2(C)CC[C@]34CCCCC[C@H]3C[C@@](O)(O4)[C@@H]12. The van der Waals surface area contributed by atoms with E-state index in [0.717, 1.165) is 32.1 Å². The summed E-state index contributed by atoms with van der Waals surface area (Å²) in [5.41, 5.74) is -0.721. The summed E-state index contributed by atoms with van der Waals surface area (Å²) >= 11 is 0. The Morgan fingerprint density at radius 2 is 2.03 bits per heavy atom. The Morgan fingerprint density at radius 3 is 2.70 bits per heavy atom. The molecule has 166 valence electrons. The Hall–Kier alpha value is -1.46. The number of fused-ring (bicyclic) bond motifs is 3. The number of rotatable bonds is 4. The predicted molar refractivity (Wildman–Crippen MR) is 113 cm³/mol. The van der Waals surface area contributed by atoms with Crippen molar-refractivity contribution in [2.75, 3.05) is 0 Å². The summed E-state index contributed by atoms with van der Waals surface area (Å²) in [6.07, 6.45) is 8.48. The van der Waals surface area contributed by atoms with Crippen molar-refractivity contribution in [3.8, 4) is 0 Å².